The van der Waals surface area contributed by atoms with Crippen molar-refractivity contribution >= 4 is 34.3 Å². The van der Waals surface area contributed by atoms with Crippen LogP contribution in [0.25, 0.3) is 11.0 Å². The van der Waals surface area contributed by atoms with Gasteiger partial charge in [-0.25, -0.2) is 19.4 Å². The molecule has 0 aliphatic rings. The first kappa shape index (κ1) is 25.5. The van der Waals surface area contributed by atoms with Crippen LogP contribution in [0, 0.1) is 0 Å². The Morgan fingerprint density at radius 2 is 1.71 bits per heavy atom. The highest BCUT2D eigenvalue weighted by molar-refractivity contribution is 5.99. The number of halogens is 3. The van der Waals surface area contributed by atoms with Gasteiger partial charge in [0.05, 0.1) is 16.6 Å². The fourth-order valence-electron chi connectivity index (χ4n) is 3.57. The van der Waals surface area contributed by atoms with Crippen molar-refractivity contribution in [3.05, 3.63) is 71.7 Å². The van der Waals surface area contributed by atoms with Gasteiger partial charge >= 0.3 is 12.2 Å². The monoisotopic (exact) mass is 485 g/mol. The van der Waals surface area contributed by atoms with Crippen molar-refractivity contribution in [2.75, 3.05) is 16.4 Å². The van der Waals surface area contributed by atoms with Crippen molar-refractivity contribution in [1.82, 2.24) is 19.7 Å². The third kappa shape index (κ3) is 5.68. The number of aromatic nitrogens is 4. The lowest BCUT2D eigenvalue weighted by Crippen LogP contribution is -2.20. The van der Waals surface area contributed by atoms with E-state index in [0.29, 0.717) is 34.7 Å². The van der Waals surface area contributed by atoms with E-state index in [1.54, 1.807) is 22.9 Å². The van der Waals surface area contributed by atoms with Gasteiger partial charge < -0.3 is 16.4 Å². The summed E-state index contributed by atoms with van der Waals surface area (Å²) < 4.78 is 40.5. The number of nitrogen functional groups attached to an aromatic ring is 1. The Labute approximate surface area is 200 Å². The van der Waals surface area contributed by atoms with E-state index in [0.717, 1.165) is 17.7 Å². The van der Waals surface area contributed by atoms with Crippen LogP contribution in [-0.4, -0.2) is 25.8 Å². The van der Waals surface area contributed by atoms with Gasteiger partial charge in [0.2, 0.25) is 0 Å². The summed E-state index contributed by atoms with van der Waals surface area (Å²) >= 11 is 0. The lowest BCUT2D eigenvalue weighted by Gasteiger charge is -2.11. The predicted molar refractivity (Wildman–Crippen MR) is 130 cm³/mol. The molecule has 0 saturated heterocycles. The summed E-state index contributed by atoms with van der Waals surface area (Å²) in [5.74, 6) is 0.335. The third-order valence-corrected chi connectivity index (χ3v) is 5.08. The number of alkyl halides is 3. The van der Waals surface area contributed by atoms with Crippen LogP contribution in [0.1, 0.15) is 44.1 Å². The molecule has 0 atom stereocenters. The molecule has 2 amide bonds. The van der Waals surface area contributed by atoms with Crippen LogP contribution >= 0.6 is 0 Å². The zero-order chi connectivity index (χ0) is 24.5. The summed E-state index contributed by atoms with van der Waals surface area (Å²) in [4.78, 5) is 20.8. The molecule has 0 fully saturated rings. The second-order valence-electron chi connectivity index (χ2n) is 7.98. The van der Waals surface area contributed by atoms with Gasteiger partial charge in [0.1, 0.15) is 12.1 Å². The number of hydrogen-bond donors (Lipinski definition) is 3. The summed E-state index contributed by atoms with van der Waals surface area (Å²) in [6.07, 6.45) is -2.68. The molecule has 0 aliphatic carbocycles. The van der Waals surface area contributed by atoms with Crippen molar-refractivity contribution in [3.63, 3.8) is 0 Å². The molecule has 2 heterocycles. The summed E-state index contributed by atoms with van der Waals surface area (Å²) in [5.41, 5.74) is 7.94. The summed E-state index contributed by atoms with van der Waals surface area (Å²) in [6.45, 7) is 3.98. The molecule has 184 valence electrons. The highest BCUT2D eigenvalue weighted by Crippen LogP contribution is 2.31. The third-order valence-electron chi connectivity index (χ3n) is 5.08. The van der Waals surface area contributed by atoms with E-state index in [1.165, 1.54) is 18.5 Å². The Morgan fingerprint density at radius 3 is 2.37 bits per heavy atom. The Balaban J connectivity index is 0.00000342. The molecule has 0 radical (unpaired) electrons. The number of nitrogens with two attached hydrogens (primary N) is 1. The maximum Gasteiger partial charge on any atom is 0.416 e. The number of anilines is 3. The zero-order valence-corrected chi connectivity index (χ0v) is 18.4. The Bertz CT molecular complexity index is 1350. The first-order valence-corrected chi connectivity index (χ1v) is 10.4. The Hall–Kier alpha value is -4.15. The quantitative estimate of drug-likeness (QED) is 0.327. The first-order valence-electron chi connectivity index (χ1n) is 10.4. The minimum absolute atomic E-state index is 0. The lowest BCUT2D eigenvalue weighted by molar-refractivity contribution is -0.137. The number of carbonyl (C=O) groups is 1. The summed E-state index contributed by atoms with van der Waals surface area (Å²) in [7, 11) is 0. The molecule has 2 aromatic carbocycles. The van der Waals surface area contributed by atoms with Crippen molar-refractivity contribution in [2.24, 2.45) is 0 Å². The van der Waals surface area contributed by atoms with Crippen LogP contribution in [0.3, 0.4) is 0 Å². The average Bonchev–Trinajstić information content (AvgIpc) is 3.13. The first-order chi connectivity index (χ1) is 16.1. The fourth-order valence-corrected chi connectivity index (χ4v) is 3.57. The van der Waals surface area contributed by atoms with E-state index in [4.69, 9.17) is 5.73 Å². The number of nitrogens with zero attached hydrogens (tertiary/aromatic N) is 4. The van der Waals surface area contributed by atoms with Gasteiger partial charge in [0, 0.05) is 23.8 Å². The molecule has 4 N–H and O–H groups in total. The van der Waals surface area contributed by atoms with Crippen LogP contribution in [0.15, 0.2) is 54.9 Å². The fraction of sp³-hybridized carbons (Fsp3) is 0.250. The number of hydrogen-bond acceptors (Lipinski definition) is 5. The van der Waals surface area contributed by atoms with E-state index in [9.17, 15) is 18.0 Å². The number of urea groups is 1. The highest BCUT2D eigenvalue weighted by Gasteiger charge is 2.30. The second kappa shape index (κ2) is 10.00. The number of amides is 2. The molecule has 35 heavy (non-hydrogen) atoms. The SMILES string of the molecule is C.CC(C)n1nc(Cc2cccc(NC(=O)Nc3cccc(C(F)(F)F)c3)c2)c2c(N)ncnc21. The predicted octanol–water partition coefficient (Wildman–Crippen LogP) is 5.88. The number of rotatable bonds is 5. The van der Waals surface area contributed by atoms with Crippen LogP contribution in [-0.2, 0) is 12.6 Å². The number of fused-ring (bicyclic) bond motifs is 1. The Morgan fingerprint density at radius 1 is 1.06 bits per heavy atom. The second-order valence-corrected chi connectivity index (χ2v) is 7.98. The molecule has 0 bridgehead atoms. The standard InChI is InChI=1S/C23H22F3N7O.CH4/c1-13(2)33-21-19(20(27)28-12-29-21)18(32-33)10-14-5-3-7-16(9-14)30-22(34)31-17-8-4-6-15(11-17)23(24,25)26;/h3-9,11-13H,10H2,1-2H3,(H2,27,28,29)(H2,30,31,34);1H4. The van der Waals surface area contributed by atoms with Gasteiger partial charge in [0.25, 0.3) is 0 Å². The molecule has 2 aromatic heterocycles. The maximum atomic E-state index is 12.9. The van der Waals surface area contributed by atoms with Gasteiger partial charge in [-0.05, 0) is 49.7 Å². The molecule has 8 nitrogen and oxygen atoms in total. The summed E-state index contributed by atoms with van der Waals surface area (Å²) in [5, 5.41) is 10.4. The molecular weight excluding hydrogens is 459 g/mol. The van der Waals surface area contributed by atoms with E-state index >= 15 is 0 Å². The largest absolute Gasteiger partial charge is 0.416 e. The lowest BCUT2D eigenvalue weighted by atomic mass is 10.1. The van der Waals surface area contributed by atoms with Crippen LogP contribution in [0.4, 0.5) is 35.2 Å². The minimum Gasteiger partial charge on any atom is -0.383 e. The topological polar surface area (TPSA) is 111 Å². The number of benzene rings is 2. The molecular formula is C24H26F3N7O. The molecule has 4 rings (SSSR count). The van der Waals surface area contributed by atoms with Crippen molar-refractivity contribution in [3.8, 4) is 0 Å². The van der Waals surface area contributed by atoms with Gasteiger partial charge in [-0.3, -0.25) is 0 Å². The molecule has 0 aliphatic heterocycles. The normalized spacial score (nSPS) is 11.4. The van der Waals surface area contributed by atoms with Crippen LogP contribution in [0.2, 0.25) is 0 Å². The van der Waals surface area contributed by atoms with E-state index in [-0.39, 0.29) is 19.2 Å². The van der Waals surface area contributed by atoms with E-state index in [2.05, 4.69) is 25.7 Å². The van der Waals surface area contributed by atoms with E-state index in [1.807, 2.05) is 19.9 Å². The van der Waals surface area contributed by atoms with Crippen molar-refractivity contribution < 1.29 is 18.0 Å². The Kier molecular flexibility index (Phi) is 7.28. The van der Waals surface area contributed by atoms with Crippen molar-refractivity contribution in [2.45, 2.75) is 39.9 Å². The minimum atomic E-state index is -4.50. The van der Waals surface area contributed by atoms with Gasteiger partial charge in [0.15, 0.2) is 5.65 Å². The number of nitrogens with one attached hydrogen (secondary N) is 2. The van der Waals surface area contributed by atoms with Gasteiger partial charge in [-0.2, -0.15) is 18.3 Å². The van der Waals surface area contributed by atoms with Crippen LogP contribution in [0.5, 0.6) is 0 Å². The molecule has 11 heteroatoms. The van der Waals surface area contributed by atoms with Crippen molar-refractivity contribution in [1.29, 1.82) is 0 Å². The molecule has 0 saturated carbocycles. The number of carbonyl (C=O) groups excluding carboxylic acids is 1. The zero-order valence-electron chi connectivity index (χ0n) is 18.4. The molecule has 0 spiro atoms. The average molecular weight is 486 g/mol. The molecule has 0 unspecified atom stereocenters. The maximum absolute atomic E-state index is 12.9. The van der Waals surface area contributed by atoms with Gasteiger partial charge in [-0.15, -0.1) is 0 Å². The highest BCUT2D eigenvalue weighted by atomic mass is 19.4. The van der Waals surface area contributed by atoms with Crippen LogP contribution < -0.4 is 16.4 Å². The summed E-state index contributed by atoms with van der Waals surface area (Å²) in [6, 6.07) is 10.9. The van der Waals surface area contributed by atoms with E-state index < -0.39 is 17.8 Å². The molecule has 4 aromatic rings. The van der Waals surface area contributed by atoms with Gasteiger partial charge in [-0.1, -0.05) is 25.6 Å². The smallest absolute Gasteiger partial charge is 0.383 e.